The molecule has 17 heavy (non-hydrogen) atoms. The van der Waals surface area contributed by atoms with Crippen LogP contribution in [-0.2, 0) is 5.41 Å². The SMILES string of the molecule is CC#CC(C)(CCCC)c1ccccc1O[Si]. The number of hydrogen-bond donors (Lipinski definition) is 0. The number of para-hydroxylation sites is 1. The zero-order chi connectivity index (χ0) is 12.7. The van der Waals surface area contributed by atoms with Gasteiger partial charge in [0.2, 0.25) is 0 Å². The van der Waals surface area contributed by atoms with E-state index in [1.54, 1.807) is 0 Å². The first-order valence-corrected chi connectivity index (χ1v) is 6.45. The monoisotopic (exact) mass is 243 g/mol. The van der Waals surface area contributed by atoms with Gasteiger partial charge in [0.25, 0.3) is 0 Å². The fraction of sp³-hybridized carbons (Fsp3) is 0.467. The molecule has 0 fully saturated rings. The van der Waals surface area contributed by atoms with E-state index >= 15 is 0 Å². The summed E-state index contributed by atoms with van der Waals surface area (Å²) in [5, 5.41) is 0. The average molecular weight is 243 g/mol. The van der Waals surface area contributed by atoms with Gasteiger partial charge in [0.05, 0.1) is 5.41 Å². The predicted octanol–water partition coefficient (Wildman–Crippen LogP) is 3.62. The normalized spacial score (nSPS) is 13.4. The minimum atomic E-state index is -0.131. The quantitative estimate of drug-likeness (QED) is 0.567. The molecule has 0 saturated heterocycles. The summed E-state index contributed by atoms with van der Waals surface area (Å²) >= 11 is 0. The van der Waals surface area contributed by atoms with E-state index < -0.39 is 0 Å². The Morgan fingerprint density at radius 1 is 1.35 bits per heavy atom. The molecular weight excluding hydrogens is 224 g/mol. The first-order valence-electron chi connectivity index (χ1n) is 6.05. The maximum absolute atomic E-state index is 5.26. The van der Waals surface area contributed by atoms with Crippen LogP contribution in [0.2, 0.25) is 0 Å². The molecule has 0 heterocycles. The lowest BCUT2D eigenvalue weighted by atomic mass is 9.78. The van der Waals surface area contributed by atoms with Crippen molar-refractivity contribution in [2.24, 2.45) is 0 Å². The summed E-state index contributed by atoms with van der Waals surface area (Å²) in [5.41, 5.74) is 1.02. The summed E-state index contributed by atoms with van der Waals surface area (Å²) in [5.74, 6) is 7.23. The van der Waals surface area contributed by atoms with Crippen molar-refractivity contribution in [3.05, 3.63) is 29.8 Å². The molecule has 0 aliphatic carbocycles. The molecule has 1 unspecified atom stereocenters. The maximum Gasteiger partial charge on any atom is 0.341 e. The smallest absolute Gasteiger partial charge is 0.341 e. The van der Waals surface area contributed by atoms with E-state index in [1.165, 1.54) is 12.8 Å². The zero-order valence-corrected chi connectivity index (χ0v) is 11.8. The van der Waals surface area contributed by atoms with Crippen LogP contribution in [0.25, 0.3) is 0 Å². The highest BCUT2D eigenvalue weighted by molar-refractivity contribution is 6.00. The molecule has 0 aliphatic rings. The van der Waals surface area contributed by atoms with E-state index in [9.17, 15) is 0 Å². The number of hydrogen-bond acceptors (Lipinski definition) is 1. The number of benzene rings is 1. The van der Waals surface area contributed by atoms with Crippen LogP contribution < -0.4 is 4.43 Å². The lowest BCUT2D eigenvalue weighted by molar-refractivity contribution is 0.502. The standard InChI is InChI=1S/C15H19OSi/c1-4-6-12-15(3,11-5-2)13-9-7-8-10-14(13)16-17/h7-10H,4,6,12H2,1-3H3. The molecular formula is C15H19OSi. The van der Waals surface area contributed by atoms with Gasteiger partial charge in [-0.3, -0.25) is 0 Å². The van der Waals surface area contributed by atoms with E-state index in [0.717, 1.165) is 17.7 Å². The summed E-state index contributed by atoms with van der Waals surface area (Å²) < 4.78 is 5.26. The van der Waals surface area contributed by atoms with Crippen LogP contribution in [0.1, 0.15) is 45.6 Å². The molecule has 0 saturated carbocycles. The Morgan fingerprint density at radius 2 is 2.06 bits per heavy atom. The third-order valence-corrected chi connectivity index (χ3v) is 3.24. The second-order valence-electron chi connectivity index (χ2n) is 4.41. The van der Waals surface area contributed by atoms with Crippen LogP contribution in [0.4, 0.5) is 0 Å². The molecule has 0 aromatic heterocycles. The van der Waals surface area contributed by atoms with Crippen molar-refractivity contribution < 1.29 is 4.43 Å². The van der Waals surface area contributed by atoms with Crippen LogP contribution in [0, 0.1) is 11.8 Å². The van der Waals surface area contributed by atoms with Crippen molar-refractivity contribution >= 4 is 10.5 Å². The van der Waals surface area contributed by atoms with Crippen molar-refractivity contribution in [1.82, 2.24) is 0 Å². The van der Waals surface area contributed by atoms with Crippen molar-refractivity contribution in [3.63, 3.8) is 0 Å². The number of unbranched alkanes of at least 4 members (excludes halogenated alkanes) is 1. The average Bonchev–Trinajstić information content (AvgIpc) is 2.36. The minimum Gasteiger partial charge on any atom is -0.540 e. The summed E-state index contributed by atoms with van der Waals surface area (Å²) in [4.78, 5) is 0. The fourth-order valence-corrected chi connectivity index (χ4v) is 2.26. The van der Waals surface area contributed by atoms with E-state index in [0.29, 0.717) is 0 Å². The van der Waals surface area contributed by atoms with Gasteiger partial charge >= 0.3 is 10.5 Å². The zero-order valence-electron chi connectivity index (χ0n) is 10.8. The van der Waals surface area contributed by atoms with Crippen LogP contribution in [0.3, 0.4) is 0 Å². The molecule has 2 heteroatoms. The van der Waals surface area contributed by atoms with Gasteiger partial charge in [-0.15, -0.1) is 5.92 Å². The molecule has 1 nitrogen and oxygen atoms in total. The topological polar surface area (TPSA) is 9.23 Å². The van der Waals surface area contributed by atoms with Crippen molar-refractivity contribution in [1.29, 1.82) is 0 Å². The molecule has 0 spiro atoms. The Bertz CT molecular complexity index is 416. The first-order chi connectivity index (χ1) is 8.18. The van der Waals surface area contributed by atoms with Gasteiger partial charge in [0.1, 0.15) is 5.75 Å². The highest BCUT2D eigenvalue weighted by atomic mass is 28.2. The molecule has 0 aliphatic heterocycles. The van der Waals surface area contributed by atoms with Gasteiger partial charge in [-0.1, -0.05) is 43.9 Å². The fourth-order valence-electron chi connectivity index (χ4n) is 2.08. The van der Waals surface area contributed by atoms with Crippen molar-refractivity contribution in [2.75, 3.05) is 0 Å². The second-order valence-corrected chi connectivity index (χ2v) is 4.61. The number of rotatable bonds is 5. The summed E-state index contributed by atoms with van der Waals surface area (Å²) in [6.07, 6.45) is 3.40. The third-order valence-electron chi connectivity index (χ3n) is 3.02. The highest BCUT2D eigenvalue weighted by Gasteiger charge is 2.26. The molecule has 1 atom stereocenters. The summed E-state index contributed by atoms with van der Waals surface area (Å²) in [6, 6.07) is 8.06. The van der Waals surface area contributed by atoms with E-state index in [2.05, 4.69) is 42.2 Å². The van der Waals surface area contributed by atoms with Gasteiger partial charge in [-0.05, 0) is 26.3 Å². The van der Waals surface area contributed by atoms with E-state index in [-0.39, 0.29) is 5.41 Å². The lowest BCUT2D eigenvalue weighted by Crippen LogP contribution is -2.20. The van der Waals surface area contributed by atoms with Gasteiger partial charge in [-0.2, -0.15) is 0 Å². The lowest BCUT2D eigenvalue weighted by Gasteiger charge is -2.26. The Labute approximate surface area is 108 Å². The van der Waals surface area contributed by atoms with Crippen LogP contribution in [0.5, 0.6) is 5.75 Å². The van der Waals surface area contributed by atoms with Gasteiger partial charge in [0, 0.05) is 5.56 Å². The molecule has 89 valence electrons. The highest BCUT2D eigenvalue weighted by Crippen LogP contribution is 2.35. The van der Waals surface area contributed by atoms with Crippen LogP contribution in [-0.4, -0.2) is 10.5 Å². The van der Waals surface area contributed by atoms with Gasteiger partial charge < -0.3 is 4.43 Å². The summed E-state index contributed by atoms with van der Waals surface area (Å²) in [6.45, 7) is 6.27. The van der Waals surface area contributed by atoms with Gasteiger partial charge in [0.15, 0.2) is 0 Å². The molecule has 3 radical (unpaired) electrons. The molecule has 0 bridgehead atoms. The molecule has 0 amide bonds. The molecule has 1 rings (SSSR count). The van der Waals surface area contributed by atoms with E-state index in [4.69, 9.17) is 4.43 Å². The first kappa shape index (κ1) is 13.9. The minimum absolute atomic E-state index is 0.131. The Kier molecular flexibility index (Phi) is 5.31. The third kappa shape index (κ3) is 3.37. The van der Waals surface area contributed by atoms with E-state index in [1.807, 2.05) is 25.1 Å². The maximum atomic E-state index is 5.26. The van der Waals surface area contributed by atoms with Crippen LogP contribution in [0.15, 0.2) is 24.3 Å². The van der Waals surface area contributed by atoms with Crippen molar-refractivity contribution in [2.45, 2.75) is 45.4 Å². The predicted molar refractivity (Wildman–Crippen MR) is 73.2 cm³/mol. The Balaban J connectivity index is 3.15. The Morgan fingerprint density at radius 3 is 2.65 bits per heavy atom. The summed E-state index contributed by atoms with van der Waals surface area (Å²) in [7, 11) is 3.12. The second kappa shape index (κ2) is 6.51. The largest absolute Gasteiger partial charge is 0.540 e. The van der Waals surface area contributed by atoms with Crippen molar-refractivity contribution in [3.8, 4) is 17.6 Å². The van der Waals surface area contributed by atoms with Crippen LogP contribution >= 0.6 is 0 Å². The Hall–Kier alpha value is -1.20. The van der Waals surface area contributed by atoms with Gasteiger partial charge in [-0.25, -0.2) is 0 Å². The molecule has 1 aromatic rings. The molecule has 1 aromatic carbocycles. The molecule has 0 N–H and O–H groups in total.